The maximum atomic E-state index is 13.0. The summed E-state index contributed by atoms with van der Waals surface area (Å²) < 4.78 is 19.7. The van der Waals surface area contributed by atoms with Crippen LogP contribution in [0.5, 0.6) is 11.6 Å². The van der Waals surface area contributed by atoms with Gasteiger partial charge in [0.2, 0.25) is 11.8 Å². The van der Waals surface area contributed by atoms with E-state index in [0.717, 1.165) is 0 Å². The molecule has 4 rings (SSSR count). The smallest absolute Gasteiger partial charge is 0.274 e. The van der Waals surface area contributed by atoms with Crippen LogP contribution >= 0.6 is 0 Å². The summed E-state index contributed by atoms with van der Waals surface area (Å²) in [5, 5.41) is 8.15. The summed E-state index contributed by atoms with van der Waals surface area (Å²) in [6, 6.07) is 15.9. The largest absolute Gasteiger partial charge is 0.439 e. The number of fused-ring (bicyclic) bond motifs is 1. The number of aromatic nitrogens is 3. The van der Waals surface area contributed by atoms with Crippen LogP contribution in [0.15, 0.2) is 71.7 Å². The first-order valence-corrected chi connectivity index (χ1v) is 9.14. The summed E-state index contributed by atoms with van der Waals surface area (Å²) in [5.74, 6) is 0.119. The minimum absolute atomic E-state index is 0.00244. The van der Waals surface area contributed by atoms with E-state index in [1.807, 2.05) is 0 Å². The first kappa shape index (κ1) is 19.3. The molecular weight excluding hydrogens is 387 g/mol. The van der Waals surface area contributed by atoms with Gasteiger partial charge < -0.3 is 10.1 Å². The molecule has 0 spiro atoms. The number of nitrogens with one attached hydrogen (secondary N) is 1. The highest BCUT2D eigenvalue weighted by atomic mass is 19.1. The minimum atomic E-state index is -0.353. The number of ether oxygens (including phenoxy) is 1. The van der Waals surface area contributed by atoms with Crippen LogP contribution in [0.3, 0.4) is 0 Å². The average Bonchev–Trinajstić information content (AvgIpc) is 2.75. The number of anilines is 1. The Morgan fingerprint density at radius 1 is 1.07 bits per heavy atom. The van der Waals surface area contributed by atoms with Crippen LogP contribution in [0.2, 0.25) is 0 Å². The zero-order valence-electron chi connectivity index (χ0n) is 16.0. The van der Waals surface area contributed by atoms with Gasteiger partial charge in [-0.25, -0.2) is 14.1 Å². The molecule has 0 atom stereocenters. The summed E-state index contributed by atoms with van der Waals surface area (Å²) >= 11 is 0. The van der Waals surface area contributed by atoms with E-state index in [9.17, 15) is 14.0 Å². The number of rotatable bonds is 5. The normalized spacial score (nSPS) is 10.7. The molecule has 0 bridgehead atoms. The SMILES string of the molecule is Cn1nc(CC(=O)Nc2ccc(Oc3ccc(F)cc3)nc2)c2ccccc2c1=O. The number of benzene rings is 2. The van der Waals surface area contributed by atoms with Crippen LogP contribution in [-0.2, 0) is 18.3 Å². The van der Waals surface area contributed by atoms with Crippen molar-refractivity contribution in [2.24, 2.45) is 7.05 Å². The molecule has 0 radical (unpaired) electrons. The van der Waals surface area contributed by atoms with Crippen molar-refractivity contribution in [3.8, 4) is 11.6 Å². The van der Waals surface area contributed by atoms with E-state index < -0.39 is 0 Å². The van der Waals surface area contributed by atoms with E-state index in [2.05, 4.69) is 15.4 Å². The molecule has 4 aromatic rings. The number of carbonyl (C=O) groups is 1. The third-order valence-corrected chi connectivity index (χ3v) is 4.42. The fourth-order valence-electron chi connectivity index (χ4n) is 3.00. The van der Waals surface area contributed by atoms with Gasteiger partial charge in [-0.15, -0.1) is 0 Å². The molecule has 2 heterocycles. The lowest BCUT2D eigenvalue weighted by atomic mass is 10.1. The van der Waals surface area contributed by atoms with Crippen LogP contribution in [0.25, 0.3) is 10.8 Å². The standard InChI is InChI=1S/C22H17FN4O3/c1-27-22(29)18-5-3-2-4-17(18)19(26-27)12-20(28)25-15-8-11-21(24-13-15)30-16-9-6-14(23)7-10-16/h2-11,13H,12H2,1H3,(H,25,28). The van der Waals surface area contributed by atoms with Gasteiger partial charge in [-0.3, -0.25) is 9.59 Å². The third-order valence-electron chi connectivity index (χ3n) is 4.42. The van der Waals surface area contributed by atoms with Gasteiger partial charge in [0.05, 0.1) is 29.4 Å². The van der Waals surface area contributed by atoms with Crippen molar-refractivity contribution in [3.63, 3.8) is 0 Å². The number of hydrogen-bond donors (Lipinski definition) is 1. The molecule has 30 heavy (non-hydrogen) atoms. The van der Waals surface area contributed by atoms with Gasteiger partial charge in [0.25, 0.3) is 5.56 Å². The Labute approximate surface area is 170 Å². The molecule has 0 aliphatic rings. The number of aryl methyl sites for hydroxylation is 1. The number of pyridine rings is 1. The van der Waals surface area contributed by atoms with Crippen LogP contribution in [0.1, 0.15) is 5.69 Å². The Hall–Kier alpha value is -4.07. The van der Waals surface area contributed by atoms with E-state index in [1.54, 1.807) is 43.4 Å². The highest BCUT2D eigenvalue weighted by molar-refractivity contribution is 5.95. The molecule has 0 aliphatic heterocycles. The van der Waals surface area contributed by atoms with E-state index in [0.29, 0.717) is 33.8 Å². The number of halogens is 1. The summed E-state index contributed by atoms with van der Waals surface area (Å²) in [7, 11) is 1.56. The zero-order chi connectivity index (χ0) is 21.1. The maximum Gasteiger partial charge on any atom is 0.274 e. The number of amides is 1. The van der Waals surface area contributed by atoms with Gasteiger partial charge in [0.15, 0.2) is 0 Å². The first-order chi connectivity index (χ1) is 14.5. The maximum absolute atomic E-state index is 13.0. The molecule has 0 saturated carbocycles. The van der Waals surface area contributed by atoms with Crippen molar-refractivity contribution >= 4 is 22.4 Å². The monoisotopic (exact) mass is 404 g/mol. The summed E-state index contributed by atoms with van der Waals surface area (Å²) in [6.07, 6.45) is 1.46. The van der Waals surface area contributed by atoms with Crippen molar-refractivity contribution < 1.29 is 13.9 Å². The molecule has 8 heteroatoms. The topological polar surface area (TPSA) is 86.1 Å². The number of carbonyl (C=O) groups excluding carboxylic acids is 1. The number of hydrogen-bond acceptors (Lipinski definition) is 5. The first-order valence-electron chi connectivity index (χ1n) is 9.14. The second-order valence-electron chi connectivity index (χ2n) is 6.59. The van der Waals surface area contributed by atoms with Crippen molar-refractivity contribution in [2.45, 2.75) is 6.42 Å². The Kier molecular flexibility index (Phi) is 5.21. The molecule has 0 fully saturated rings. The van der Waals surface area contributed by atoms with Gasteiger partial charge >= 0.3 is 0 Å². The second-order valence-corrected chi connectivity index (χ2v) is 6.59. The van der Waals surface area contributed by atoms with E-state index >= 15 is 0 Å². The van der Waals surface area contributed by atoms with E-state index in [1.165, 1.54) is 35.1 Å². The fraction of sp³-hybridized carbons (Fsp3) is 0.0909. The quantitative estimate of drug-likeness (QED) is 0.551. The van der Waals surface area contributed by atoms with Gasteiger partial charge in [-0.1, -0.05) is 18.2 Å². The van der Waals surface area contributed by atoms with Gasteiger partial charge in [-0.05, 0) is 36.4 Å². The van der Waals surface area contributed by atoms with Crippen molar-refractivity contribution in [3.05, 3.63) is 88.7 Å². The van der Waals surface area contributed by atoms with Crippen LogP contribution in [0.4, 0.5) is 10.1 Å². The zero-order valence-corrected chi connectivity index (χ0v) is 16.0. The van der Waals surface area contributed by atoms with Crippen LogP contribution in [0, 0.1) is 5.82 Å². The molecule has 2 aromatic heterocycles. The summed E-state index contributed by atoms with van der Waals surface area (Å²) in [5.41, 5.74) is 0.783. The predicted octanol–water partition coefficient (Wildman–Crippen LogP) is 3.44. The van der Waals surface area contributed by atoms with Gasteiger partial charge in [0.1, 0.15) is 11.6 Å². The lowest BCUT2D eigenvalue weighted by Gasteiger charge is -2.09. The predicted molar refractivity (Wildman–Crippen MR) is 110 cm³/mol. The van der Waals surface area contributed by atoms with Gasteiger partial charge in [-0.2, -0.15) is 5.10 Å². The summed E-state index contributed by atoms with van der Waals surface area (Å²) in [6.45, 7) is 0. The van der Waals surface area contributed by atoms with Crippen molar-refractivity contribution in [1.82, 2.24) is 14.8 Å². The molecule has 150 valence electrons. The molecule has 1 amide bonds. The lowest BCUT2D eigenvalue weighted by molar-refractivity contribution is -0.115. The van der Waals surface area contributed by atoms with E-state index in [-0.39, 0.29) is 23.7 Å². The van der Waals surface area contributed by atoms with E-state index in [4.69, 9.17) is 4.74 Å². The Morgan fingerprint density at radius 2 is 1.80 bits per heavy atom. The van der Waals surface area contributed by atoms with Crippen LogP contribution in [-0.4, -0.2) is 20.7 Å². The molecule has 0 unspecified atom stereocenters. The average molecular weight is 404 g/mol. The Morgan fingerprint density at radius 3 is 2.50 bits per heavy atom. The third kappa shape index (κ3) is 4.17. The minimum Gasteiger partial charge on any atom is -0.439 e. The fourth-order valence-corrected chi connectivity index (χ4v) is 3.00. The molecule has 0 saturated heterocycles. The molecule has 2 aromatic carbocycles. The molecule has 1 N–H and O–H groups in total. The molecule has 7 nitrogen and oxygen atoms in total. The molecular formula is C22H17FN4O3. The highest BCUT2D eigenvalue weighted by Gasteiger charge is 2.13. The Bertz CT molecular complexity index is 1270. The van der Waals surface area contributed by atoms with Gasteiger partial charge in [0, 0.05) is 18.5 Å². The van der Waals surface area contributed by atoms with Crippen molar-refractivity contribution in [1.29, 1.82) is 0 Å². The van der Waals surface area contributed by atoms with Crippen LogP contribution < -0.4 is 15.6 Å². The molecule has 0 aliphatic carbocycles. The highest BCUT2D eigenvalue weighted by Crippen LogP contribution is 2.21. The van der Waals surface area contributed by atoms with Crippen molar-refractivity contribution in [2.75, 3.05) is 5.32 Å². The second kappa shape index (κ2) is 8.12. The summed E-state index contributed by atoms with van der Waals surface area (Å²) in [4.78, 5) is 28.8. The number of nitrogens with zero attached hydrogens (tertiary/aromatic N) is 3. The lowest BCUT2D eigenvalue weighted by Crippen LogP contribution is -2.24. The Balaban J connectivity index is 1.46.